The molecular weight excluding hydrogens is 279 g/mol. The minimum Gasteiger partial charge on any atom is -0.478 e. The lowest BCUT2D eigenvalue weighted by atomic mass is 10.2. The molecule has 0 spiro atoms. The molecule has 0 aliphatic carbocycles. The van der Waals surface area contributed by atoms with Crippen molar-refractivity contribution in [2.24, 2.45) is 0 Å². The maximum atomic E-state index is 13.1. The van der Waals surface area contributed by atoms with Gasteiger partial charge < -0.3 is 20.5 Å². The summed E-state index contributed by atoms with van der Waals surface area (Å²) in [5.74, 6) is -1.89. The number of aromatic carboxylic acids is 1. The maximum absolute atomic E-state index is 13.1. The molecule has 114 valence electrons. The summed E-state index contributed by atoms with van der Waals surface area (Å²) in [6, 6.07) is 2.41. The average molecular weight is 296 g/mol. The molecule has 0 bridgehead atoms. The van der Waals surface area contributed by atoms with Crippen molar-refractivity contribution in [3.63, 3.8) is 0 Å². The van der Waals surface area contributed by atoms with Crippen molar-refractivity contribution in [3.8, 4) is 0 Å². The second-order valence-corrected chi connectivity index (χ2v) is 4.39. The van der Waals surface area contributed by atoms with E-state index in [9.17, 15) is 14.0 Å². The molecule has 0 unspecified atom stereocenters. The van der Waals surface area contributed by atoms with Gasteiger partial charge in [-0.25, -0.2) is 14.0 Å². The highest BCUT2D eigenvalue weighted by Crippen LogP contribution is 2.17. The number of amides is 2. The van der Waals surface area contributed by atoms with Crippen molar-refractivity contribution >= 4 is 17.7 Å². The van der Waals surface area contributed by atoms with Crippen LogP contribution in [0.15, 0.2) is 30.4 Å². The third kappa shape index (κ3) is 6.05. The van der Waals surface area contributed by atoms with Gasteiger partial charge in [-0.3, -0.25) is 0 Å². The van der Waals surface area contributed by atoms with Crippen molar-refractivity contribution < 1.29 is 23.8 Å². The number of urea groups is 1. The van der Waals surface area contributed by atoms with Gasteiger partial charge in [-0.15, -0.1) is 0 Å². The highest BCUT2D eigenvalue weighted by Gasteiger charge is 2.13. The molecule has 1 aromatic carbocycles. The number of carboxylic acid groups (broad SMARTS) is 1. The van der Waals surface area contributed by atoms with Gasteiger partial charge in [-0.2, -0.15) is 0 Å². The monoisotopic (exact) mass is 296 g/mol. The quantitative estimate of drug-likeness (QED) is 0.532. The second-order valence-electron chi connectivity index (χ2n) is 4.39. The Bertz CT molecular complexity index is 546. The predicted octanol–water partition coefficient (Wildman–Crippen LogP) is 2.24. The lowest BCUT2D eigenvalue weighted by Gasteiger charge is -2.10. The first-order chi connectivity index (χ1) is 9.90. The molecule has 0 saturated carbocycles. The van der Waals surface area contributed by atoms with Crippen molar-refractivity contribution in [1.29, 1.82) is 0 Å². The minimum atomic E-state index is -1.25. The summed E-state index contributed by atoms with van der Waals surface area (Å²) in [6.07, 6.45) is 0. The van der Waals surface area contributed by atoms with Gasteiger partial charge in [0.15, 0.2) is 0 Å². The molecule has 0 radical (unpaired) electrons. The lowest BCUT2D eigenvalue weighted by molar-refractivity contribution is 0.0698. The Morgan fingerprint density at radius 3 is 2.76 bits per heavy atom. The molecular formula is C14H17FN2O4. The van der Waals surface area contributed by atoms with Gasteiger partial charge in [-0.05, 0) is 25.1 Å². The Labute approximate surface area is 121 Å². The number of hydrogen-bond acceptors (Lipinski definition) is 3. The van der Waals surface area contributed by atoms with Crippen LogP contribution >= 0.6 is 0 Å². The molecule has 0 aliphatic rings. The minimum absolute atomic E-state index is 0.108. The summed E-state index contributed by atoms with van der Waals surface area (Å²) in [5.41, 5.74) is 0.568. The third-order valence-corrected chi connectivity index (χ3v) is 2.34. The van der Waals surface area contributed by atoms with Gasteiger partial charge in [0.05, 0.1) is 24.5 Å². The summed E-state index contributed by atoms with van der Waals surface area (Å²) in [5, 5.41) is 13.7. The van der Waals surface area contributed by atoms with Gasteiger partial charge in [0.1, 0.15) is 5.82 Å². The van der Waals surface area contributed by atoms with E-state index in [4.69, 9.17) is 9.84 Å². The Kier molecular flexibility index (Phi) is 6.35. The SMILES string of the molecule is C=C(C)COCCNC(=O)Nc1cc(F)ccc1C(=O)O. The number of anilines is 1. The van der Waals surface area contributed by atoms with Gasteiger partial charge >= 0.3 is 12.0 Å². The third-order valence-electron chi connectivity index (χ3n) is 2.34. The fourth-order valence-electron chi connectivity index (χ4n) is 1.46. The van der Waals surface area contributed by atoms with Crippen molar-refractivity contribution in [3.05, 3.63) is 41.7 Å². The number of rotatable bonds is 7. The molecule has 1 aromatic rings. The molecule has 0 saturated heterocycles. The molecule has 7 heteroatoms. The van der Waals surface area contributed by atoms with E-state index in [-0.39, 0.29) is 24.4 Å². The first-order valence-electron chi connectivity index (χ1n) is 6.20. The van der Waals surface area contributed by atoms with E-state index in [0.717, 1.165) is 23.8 Å². The summed E-state index contributed by atoms with van der Waals surface area (Å²) < 4.78 is 18.3. The van der Waals surface area contributed by atoms with Crippen LogP contribution in [0.1, 0.15) is 17.3 Å². The van der Waals surface area contributed by atoms with Crippen molar-refractivity contribution in [2.45, 2.75) is 6.92 Å². The molecule has 1 rings (SSSR count). The van der Waals surface area contributed by atoms with E-state index >= 15 is 0 Å². The van der Waals surface area contributed by atoms with Crippen molar-refractivity contribution in [1.82, 2.24) is 5.32 Å². The van der Waals surface area contributed by atoms with Gasteiger partial charge in [0.25, 0.3) is 0 Å². The standard InChI is InChI=1S/C14H17FN2O4/c1-9(2)8-21-6-5-16-14(20)17-12-7-10(15)3-4-11(12)13(18)19/h3-4,7H,1,5-6,8H2,2H3,(H,18,19)(H2,16,17,20). The van der Waals surface area contributed by atoms with Crippen LogP contribution in [0, 0.1) is 5.82 Å². The number of hydrogen-bond donors (Lipinski definition) is 3. The number of benzene rings is 1. The molecule has 3 N–H and O–H groups in total. The number of nitrogens with one attached hydrogen (secondary N) is 2. The van der Waals surface area contributed by atoms with E-state index in [0.29, 0.717) is 6.61 Å². The Hall–Kier alpha value is -2.41. The number of carbonyl (C=O) groups is 2. The van der Waals surface area contributed by atoms with Crippen LogP contribution in [0.25, 0.3) is 0 Å². The number of carbonyl (C=O) groups excluding carboxylic acids is 1. The average Bonchev–Trinajstić information content (AvgIpc) is 2.37. The van der Waals surface area contributed by atoms with Crippen LogP contribution in [0.4, 0.5) is 14.9 Å². The van der Waals surface area contributed by atoms with Gasteiger partial charge in [-0.1, -0.05) is 12.2 Å². The topological polar surface area (TPSA) is 87.7 Å². The molecule has 0 fully saturated rings. The Morgan fingerprint density at radius 2 is 2.14 bits per heavy atom. The fourth-order valence-corrected chi connectivity index (χ4v) is 1.46. The molecule has 0 heterocycles. The Morgan fingerprint density at radius 1 is 1.43 bits per heavy atom. The zero-order valence-corrected chi connectivity index (χ0v) is 11.6. The highest BCUT2D eigenvalue weighted by atomic mass is 19.1. The van der Waals surface area contributed by atoms with Crippen LogP contribution in [-0.2, 0) is 4.74 Å². The van der Waals surface area contributed by atoms with E-state index < -0.39 is 17.8 Å². The van der Waals surface area contributed by atoms with Crippen LogP contribution in [0.5, 0.6) is 0 Å². The first-order valence-corrected chi connectivity index (χ1v) is 6.20. The van der Waals surface area contributed by atoms with Crippen LogP contribution < -0.4 is 10.6 Å². The predicted molar refractivity (Wildman–Crippen MR) is 76.0 cm³/mol. The van der Waals surface area contributed by atoms with E-state index in [1.54, 1.807) is 0 Å². The normalized spacial score (nSPS) is 10.0. The Balaban J connectivity index is 2.49. The van der Waals surface area contributed by atoms with Crippen LogP contribution in [-0.4, -0.2) is 36.9 Å². The summed E-state index contributed by atoms with van der Waals surface area (Å²) in [6.45, 7) is 6.40. The van der Waals surface area contributed by atoms with E-state index in [1.807, 2.05) is 6.92 Å². The largest absolute Gasteiger partial charge is 0.478 e. The maximum Gasteiger partial charge on any atom is 0.337 e. The zero-order chi connectivity index (χ0) is 15.8. The molecule has 0 atom stereocenters. The van der Waals surface area contributed by atoms with Crippen LogP contribution in [0.3, 0.4) is 0 Å². The molecule has 2 amide bonds. The number of carboxylic acids is 1. The molecule has 0 aromatic heterocycles. The summed E-state index contributed by atoms with van der Waals surface area (Å²) >= 11 is 0. The number of ether oxygens (including phenoxy) is 1. The molecule has 0 aliphatic heterocycles. The van der Waals surface area contributed by atoms with Gasteiger partial charge in [0, 0.05) is 6.54 Å². The fraction of sp³-hybridized carbons (Fsp3) is 0.286. The zero-order valence-electron chi connectivity index (χ0n) is 11.6. The highest BCUT2D eigenvalue weighted by molar-refractivity contribution is 5.99. The summed E-state index contributed by atoms with van der Waals surface area (Å²) in [4.78, 5) is 22.5. The van der Waals surface area contributed by atoms with Crippen LogP contribution in [0.2, 0.25) is 0 Å². The molecule has 6 nitrogen and oxygen atoms in total. The molecule has 21 heavy (non-hydrogen) atoms. The second kappa shape index (κ2) is 8.01. The van der Waals surface area contributed by atoms with Gasteiger partial charge in [0.2, 0.25) is 0 Å². The number of halogens is 1. The summed E-state index contributed by atoms with van der Waals surface area (Å²) in [7, 11) is 0. The first kappa shape index (κ1) is 16.6. The van der Waals surface area contributed by atoms with E-state index in [2.05, 4.69) is 17.2 Å². The van der Waals surface area contributed by atoms with Crippen molar-refractivity contribution in [2.75, 3.05) is 25.1 Å². The smallest absolute Gasteiger partial charge is 0.337 e. The lowest BCUT2D eigenvalue weighted by Crippen LogP contribution is -2.32. The van der Waals surface area contributed by atoms with E-state index in [1.165, 1.54) is 0 Å².